The van der Waals surface area contributed by atoms with E-state index in [0.717, 1.165) is 56.4 Å². The van der Waals surface area contributed by atoms with Gasteiger partial charge in [-0.05, 0) is 129 Å². The zero-order valence-electron chi connectivity index (χ0n) is 35.4. The maximum Gasteiger partial charge on any atom is 0.0462 e. The van der Waals surface area contributed by atoms with E-state index in [1.807, 2.05) is 18.2 Å². The smallest absolute Gasteiger partial charge is 0.0462 e. The van der Waals surface area contributed by atoms with Gasteiger partial charge in [-0.2, -0.15) is 0 Å². The summed E-state index contributed by atoms with van der Waals surface area (Å²) >= 11 is 0. The van der Waals surface area contributed by atoms with Crippen molar-refractivity contribution in [3.8, 4) is 44.5 Å². The predicted octanol–water partition coefficient (Wildman–Crippen LogP) is 17.1. The molecule has 0 saturated carbocycles. The Balaban J connectivity index is 1.02. The van der Waals surface area contributed by atoms with Crippen LogP contribution in [0.2, 0.25) is 0 Å². The molecule has 0 amide bonds. The van der Waals surface area contributed by atoms with E-state index in [-0.39, 0.29) is 0 Å². The van der Waals surface area contributed by atoms with Crippen LogP contribution in [0.15, 0.2) is 273 Å². The second kappa shape index (κ2) is 19.0. The van der Waals surface area contributed by atoms with Crippen molar-refractivity contribution < 1.29 is 0 Å². The molecule has 0 spiro atoms. The number of hydrogen-bond donors (Lipinski definition) is 0. The van der Waals surface area contributed by atoms with E-state index >= 15 is 0 Å². The summed E-state index contributed by atoms with van der Waals surface area (Å²) in [6.07, 6.45) is 6.41. The van der Waals surface area contributed by atoms with Crippen molar-refractivity contribution >= 4 is 34.0 Å². The van der Waals surface area contributed by atoms with Gasteiger partial charge in [-0.1, -0.05) is 201 Å². The number of benzene rings is 9. The highest BCUT2D eigenvalue weighted by Gasteiger charge is 2.16. The van der Waals surface area contributed by atoms with Crippen molar-refractivity contribution in [2.45, 2.75) is 6.92 Å². The predicted molar refractivity (Wildman–Crippen MR) is 270 cm³/mol. The van der Waals surface area contributed by atoms with Gasteiger partial charge in [0.05, 0.1) is 0 Å². The molecule has 0 saturated heterocycles. The van der Waals surface area contributed by atoms with E-state index in [2.05, 4.69) is 266 Å². The van der Waals surface area contributed by atoms with Crippen LogP contribution in [0.1, 0.15) is 12.5 Å². The van der Waals surface area contributed by atoms with Crippen molar-refractivity contribution in [1.82, 2.24) is 0 Å². The fourth-order valence-electron chi connectivity index (χ4n) is 8.04. The first-order valence-corrected chi connectivity index (χ1v) is 21.5. The zero-order valence-corrected chi connectivity index (χ0v) is 35.4. The summed E-state index contributed by atoms with van der Waals surface area (Å²) in [6.45, 7) is 6.46. The molecular formula is C61H48N2. The molecule has 0 bridgehead atoms. The van der Waals surface area contributed by atoms with Crippen LogP contribution in [-0.4, -0.2) is 0 Å². The molecule has 0 radical (unpaired) electrons. The van der Waals surface area contributed by atoms with Crippen molar-refractivity contribution in [3.63, 3.8) is 0 Å². The van der Waals surface area contributed by atoms with Crippen LogP contribution in [0.5, 0.6) is 0 Å². The Hall–Kier alpha value is -8.20. The molecule has 0 fully saturated rings. The van der Waals surface area contributed by atoms with E-state index in [1.165, 1.54) is 33.4 Å². The van der Waals surface area contributed by atoms with Crippen LogP contribution in [-0.2, 0) is 0 Å². The lowest BCUT2D eigenvalue weighted by Gasteiger charge is -2.27. The summed E-state index contributed by atoms with van der Waals surface area (Å²) in [5.74, 6) is 0. The van der Waals surface area contributed by atoms with E-state index in [4.69, 9.17) is 0 Å². The molecule has 2 nitrogen and oxygen atoms in total. The van der Waals surface area contributed by atoms with Gasteiger partial charge in [-0.25, -0.2) is 0 Å². The average Bonchev–Trinajstić information content (AvgIpc) is 3.37. The minimum atomic E-state index is 0.958. The average molecular weight is 809 g/mol. The summed E-state index contributed by atoms with van der Waals surface area (Å²) in [5.41, 5.74) is 18.0. The molecule has 0 aliphatic rings. The lowest BCUT2D eigenvalue weighted by atomic mass is 10.0. The normalized spacial score (nSPS) is 11.3. The van der Waals surface area contributed by atoms with Gasteiger partial charge >= 0.3 is 0 Å². The van der Waals surface area contributed by atoms with Gasteiger partial charge < -0.3 is 9.80 Å². The molecule has 302 valence electrons. The topological polar surface area (TPSA) is 6.48 Å². The third kappa shape index (κ3) is 9.27. The number of nitrogens with zero attached hydrogens (tertiary/aromatic N) is 2. The van der Waals surface area contributed by atoms with E-state index in [9.17, 15) is 0 Å². The second-order valence-electron chi connectivity index (χ2n) is 15.4. The van der Waals surface area contributed by atoms with Gasteiger partial charge in [0, 0.05) is 34.1 Å². The molecule has 0 aromatic heterocycles. The molecule has 0 aliphatic carbocycles. The Morgan fingerprint density at radius 3 is 0.889 bits per heavy atom. The number of anilines is 5. The molecular weight excluding hydrogens is 761 g/mol. The van der Waals surface area contributed by atoms with Crippen molar-refractivity contribution in [2.24, 2.45) is 0 Å². The number of rotatable bonds is 13. The minimum absolute atomic E-state index is 0.958. The fourth-order valence-corrected chi connectivity index (χ4v) is 8.04. The summed E-state index contributed by atoms with van der Waals surface area (Å²) in [6, 6.07) is 86.2. The molecule has 63 heavy (non-hydrogen) atoms. The monoisotopic (exact) mass is 808 g/mol. The third-order valence-electron chi connectivity index (χ3n) is 11.4. The first-order valence-electron chi connectivity index (χ1n) is 21.5. The standard InChI is InChI=1S/C61H48N2/c1-3-56(35-24-46(2)47-16-8-4-9-17-47)62(57-36-25-51(26-37-57)48-18-10-5-11-19-48)58-38-31-54(32-39-58)55-33-44-61(45-34-55)63(59-40-27-52(28-41-59)49-20-12-6-13-21-49)60-42-29-53(30-43-60)50-22-14-7-15-23-50/h3-45H,2H2,1H3/b35-24-,56-3+. The van der Waals surface area contributed by atoms with Crippen LogP contribution < -0.4 is 9.80 Å². The Morgan fingerprint density at radius 2 is 0.587 bits per heavy atom. The van der Waals surface area contributed by atoms with E-state index in [1.54, 1.807) is 0 Å². The van der Waals surface area contributed by atoms with Crippen LogP contribution in [0, 0.1) is 0 Å². The summed E-state index contributed by atoms with van der Waals surface area (Å²) < 4.78 is 0. The first kappa shape index (κ1) is 40.2. The molecule has 9 aromatic carbocycles. The van der Waals surface area contributed by atoms with E-state index in [0.29, 0.717) is 0 Å². The molecule has 2 heteroatoms. The van der Waals surface area contributed by atoms with Gasteiger partial charge in [0.15, 0.2) is 0 Å². The second-order valence-corrected chi connectivity index (χ2v) is 15.4. The highest BCUT2D eigenvalue weighted by Crippen LogP contribution is 2.39. The lowest BCUT2D eigenvalue weighted by molar-refractivity contribution is 1.20. The molecule has 0 aliphatic heterocycles. The quantitative estimate of drug-likeness (QED) is 0.107. The highest BCUT2D eigenvalue weighted by atomic mass is 15.1. The largest absolute Gasteiger partial charge is 0.311 e. The van der Waals surface area contributed by atoms with Crippen LogP contribution in [0.4, 0.5) is 28.4 Å². The molecule has 9 rings (SSSR count). The Labute approximate surface area is 372 Å². The SMILES string of the molecule is C=C(/C=C\C(=C/C)N(c1ccc(-c2ccccc2)cc1)c1ccc(-c2ccc(N(c3ccc(-c4ccccc4)cc3)c3ccc(-c4ccccc4)cc3)cc2)cc1)c1ccccc1. The molecule has 0 heterocycles. The fraction of sp³-hybridized carbons (Fsp3) is 0.0164. The van der Waals surface area contributed by atoms with Crippen LogP contribution in [0.25, 0.3) is 50.1 Å². The van der Waals surface area contributed by atoms with Crippen molar-refractivity contribution in [2.75, 3.05) is 9.80 Å². The van der Waals surface area contributed by atoms with Gasteiger partial charge in [0.2, 0.25) is 0 Å². The molecule has 0 atom stereocenters. The lowest BCUT2D eigenvalue weighted by Crippen LogP contribution is -2.15. The maximum absolute atomic E-state index is 4.37. The number of hydrogen-bond acceptors (Lipinski definition) is 2. The minimum Gasteiger partial charge on any atom is -0.311 e. The highest BCUT2D eigenvalue weighted by molar-refractivity contribution is 5.82. The zero-order chi connectivity index (χ0) is 42.8. The molecule has 0 N–H and O–H groups in total. The van der Waals surface area contributed by atoms with Gasteiger partial charge in [-0.15, -0.1) is 0 Å². The Morgan fingerprint density at radius 1 is 0.317 bits per heavy atom. The maximum atomic E-state index is 4.37. The van der Waals surface area contributed by atoms with Gasteiger partial charge in [0.1, 0.15) is 0 Å². The van der Waals surface area contributed by atoms with Crippen molar-refractivity contribution in [1.29, 1.82) is 0 Å². The van der Waals surface area contributed by atoms with Gasteiger partial charge in [-0.3, -0.25) is 0 Å². The van der Waals surface area contributed by atoms with Crippen LogP contribution in [0.3, 0.4) is 0 Å². The van der Waals surface area contributed by atoms with Gasteiger partial charge in [0.25, 0.3) is 0 Å². The van der Waals surface area contributed by atoms with Crippen LogP contribution >= 0.6 is 0 Å². The van der Waals surface area contributed by atoms with Crippen molar-refractivity contribution in [3.05, 3.63) is 279 Å². The summed E-state index contributed by atoms with van der Waals surface area (Å²) in [7, 11) is 0. The Bertz CT molecular complexity index is 2850. The number of allylic oxidation sites excluding steroid dienone is 4. The first-order chi connectivity index (χ1) is 31.1. The molecule has 0 unspecified atom stereocenters. The summed E-state index contributed by atoms with van der Waals surface area (Å²) in [4.78, 5) is 4.64. The van der Waals surface area contributed by atoms with E-state index < -0.39 is 0 Å². The third-order valence-corrected chi connectivity index (χ3v) is 11.4. The Kier molecular flexibility index (Phi) is 12.1. The summed E-state index contributed by atoms with van der Waals surface area (Å²) in [5, 5.41) is 0. The molecule has 9 aromatic rings.